The number of unbranched alkanes of at least 4 members (excludes halogenated alkanes) is 2. The number of anilines is 3. The second-order valence-electron chi connectivity index (χ2n) is 6.69. The zero-order valence-electron chi connectivity index (χ0n) is 17.0. The number of hydrogen-bond donors (Lipinski definition) is 2. The van der Waals surface area contributed by atoms with Crippen molar-refractivity contribution >= 4 is 23.1 Å². The van der Waals surface area contributed by atoms with Crippen LogP contribution >= 0.6 is 0 Å². The summed E-state index contributed by atoms with van der Waals surface area (Å²) < 4.78 is 0. The third kappa shape index (κ3) is 5.98. The number of amides is 1. The summed E-state index contributed by atoms with van der Waals surface area (Å²) in [7, 11) is 0. The minimum Gasteiger partial charge on any atom is -0.372 e. The van der Waals surface area contributed by atoms with Crippen LogP contribution in [0.3, 0.4) is 0 Å². The molecule has 0 atom stereocenters. The Morgan fingerprint density at radius 2 is 1.85 bits per heavy atom. The molecule has 146 valence electrons. The summed E-state index contributed by atoms with van der Waals surface area (Å²) in [5.74, 6) is 0.668. The SMILES string of the molecule is CCCCCNc1ccc(C(=O)Nc2ccc(N(CC)CC)cc2C)cn1. The molecule has 0 saturated carbocycles. The number of nitrogens with zero attached hydrogens (tertiary/aromatic N) is 2. The van der Waals surface area contributed by atoms with Gasteiger partial charge in [0.25, 0.3) is 5.91 Å². The first-order valence-electron chi connectivity index (χ1n) is 9.95. The number of rotatable bonds is 10. The van der Waals surface area contributed by atoms with Crippen molar-refractivity contribution in [2.24, 2.45) is 0 Å². The molecule has 2 aromatic rings. The molecule has 0 bridgehead atoms. The van der Waals surface area contributed by atoms with Crippen molar-refractivity contribution in [3.05, 3.63) is 47.7 Å². The Hall–Kier alpha value is -2.56. The second-order valence-corrected chi connectivity index (χ2v) is 6.69. The lowest BCUT2D eigenvalue weighted by molar-refractivity contribution is 0.102. The Balaban J connectivity index is 1.98. The summed E-state index contributed by atoms with van der Waals surface area (Å²) in [6.07, 6.45) is 5.16. The molecule has 2 N–H and O–H groups in total. The molecular weight excluding hydrogens is 336 g/mol. The van der Waals surface area contributed by atoms with Crippen LogP contribution in [-0.2, 0) is 0 Å². The van der Waals surface area contributed by atoms with E-state index >= 15 is 0 Å². The molecular formula is C22H32N4O. The summed E-state index contributed by atoms with van der Waals surface area (Å²) in [6.45, 7) is 11.3. The normalized spacial score (nSPS) is 10.5. The van der Waals surface area contributed by atoms with E-state index in [0.717, 1.165) is 43.1 Å². The fourth-order valence-corrected chi connectivity index (χ4v) is 2.99. The molecule has 1 aromatic heterocycles. The third-order valence-electron chi connectivity index (χ3n) is 4.70. The van der Waals surface area contributed by atoms with E-state index in [0.29, 0.717) is 5.56 Å². The van der Waals surface area contributed by atoms with Crippen LogP contribution in [-0.4, -0.2) is 30.5 Å². The summed E-state index contributed by atoms with van der Waals surface area (Å²) in [6, 6.07) is 9.81. The predicted molar refractivity (Wildman–Crippen MR) is 115 cm³/mol. The Morgan fingerprint density at radius 1 is 1.07 bits per heavy atom. The van der Waals surface area contributed by atoms with Crippen LogP contribution in [0, 0.1) is 6.92 Å². The fraction of sp³-hybridized carbons (Fsp3) is 0.455. The number of benzene rings is 1. The molecule has 0 saturated heterocycles. The van der Waals surface area contributed by atoms with Crippen LogP contribution in [0.5, 0.6) is 0 Å². The second kappa shape index (κ2) is 10.6. The highest BCUT2D eigenvalue weighted by atomic mass is 16.1. The highest BCUT2D eigenvalue weighted by molar-refractivity contribution is 6.04. The van der Waals surface area contributed by atoms with Crippen LogP contribution < -0.4 is 15.5 Å². The Bertz CT molecular complexity index is 724. The van der Waals surface area contributed by atoms with Crippen molar-refractivity contribution in [1.82, 2.24) is 4.98 Å². The van der Waals surface area contributed by atoms with Gasteiger partial charge in [-0.05, 0) is 63.1 Å². The van der Waals surface area contributed by atoms with Crippen molar-refractivity contribution in [2.75, 3.05) is 35.2 Å². The number of hydrogen-bond acceptors (Lipinski definition) is 4. The first kappa shape index (κ1) is 20.7. The topological polar surface area (TPSA) is 57.3 Å². The van der Waals surface area contributed by atoms with Gasteiger partial charge in [-0.25, -0.2) is 4.98 Å². The Labute approximate surface area is 163 Å². The van der Waals surface area contributed by atoms with Gasteiger partial charge in [0, 0.05) is 37.2 Å². The highest BCUT2D eigenvalue weighted by Crippen LogP contribution is 2.23. The number of carbonyl (C=O) groups is 1. The zero-order chi connectivity index (χ0) is 19.6. The van der Waals surface area contributed by atoms with E-state index in [1.165, 1.54) is 18.5 Å². The molecule has 0 aliphatic heterocycles. The van der Waals surface area contributed by atoms with E-state index in [9.17, 15) is 4.79 Å². The summed E-state index contributed by atoms with van der Waals surface area (Å²) in [5.41, 5.74) is 3.62. The maximum atomic E-state index is 12.5. The van der Waals surface area contributed by atoms with Gasteiger partial charge in [0.2, 0.25) is 0 Å². The molecule has 27 heavy (non-hydrogen) atoms. The summed E-state index contributed by atoms with van der Waals surface area (Å²) >= 11 is 0. The molecule has 1 aromatic carbocycles. The predicted octanol–water partition coefficient (Wildman–Crippen LogP) is 5.09. The van der Waals surface area contributed by atoms with E-state index in [-0.39, 0.29) is 5.91 Å². The lowest BCUT2D eigenvalue weighted by atomic mass is 10.1. The molecule has 0 unspecified atom stereocenters. The van der Waals surface area contributed by atoms with E-state index in [1.807, 2.05) is 25.1 Å². The minimum atomic E-state index is -0.140. The molecule has 0 spiro atoms. The van der Waals surface area contributed by atoms with E-state index in [2.05, 4.69) is 53.4 Å². The van der Waals surface area contributed by atoms with Crippen LogP contribution in [0.2, 0.25) is 0 Å². The number of pyridine rings is 1. The quantitative estimate of drug-likeness (QED) is 0.574. The highest BCUT2D eigenvalue weighted by Gasteiger charge is 2.10. The monoisotopic (exact) mass is 368 g/mol. The van der Waals surface area contributed by atoms with Gasteiger partial charge in [0.15, 0.2) is 0 Å². The number of aryl methyl sites for hydroxylation is 1. The van der Waals surface area contributed by atoms with E-state index in [4.69, 9.17) is 0 Å². The largest absolute Gasteiger partial charge is 0.372 e. The van der Waals surface area contributed by atoms with Crippen LogP contribution in [0.25, 0.3) is 0 Å². The van der Waals surface area contributed by atoms with Crippen LogP contribution in [0.15, 0.2) is 36.5 Å². The van der Waals surface area contributed by atoms with Crippen molar-refractivity contribution < 1.29 is 4.79 Å². The molecule has 0 fully saturated rings. The van der Waals surface area contributed by atoms with Gasteiger partial charge in [-0.2, -0.15) is 0 Å². The maximum absolute atomic E-state index is 12.5. The minimum absolute atomic E-state index is 0.140. The van der Waals surface area contributed by atoms with Gasteiger partial charge in [-0.3, -0.25) is 4.79 Å². The zero-order valence-corrected chi connectivity index (χ0v) is 17.0. The van der Waals surface area contributed by atoms with E-state index < -0.39 is 0 Å². The van der Waals surface area contributed by atoms with Gasteiger partial charge >= 0.3 is 0 Å². The summed E-state index contributed by atoms with van der Waals surface area (Å²) in [4.78, 5) is 19.2. The molecule has 5 nitrogen and oxygen atoms in total. The van der Waals surface area contributed by atoms with Crippen molar-refractivity contribution in [3.8, 4) is 0 Å². The lowest BCUT2D eigenvalue weighted by Crippen LogP contribution is -2.22. The molecule has 0 aliphatic carbocycles. The number of aromatic nitrogens is 1. The summed E-state index contributed by atoms with van der Waals surface area (Å²) in [5, 5.41) is 6.27. The standard InChI is InChI=1S/C22H32N4O/c1-5-8-9-14-23-21-13-10-18(16-24-21)22(27)25-20-12-11-19(15-17(20)4)26(6-2)7-3/h10-13,15-16H,5-9,14H2,1-4H3,(H,23,24)(H,25,27). The Kier molecular flexibility index (Phi) is 8.11. The van der Waals surface area contributed by atoms with Gasteiger partial charge in [0.05, 0.1) is 5.56 Å². The molecule has 1 heterocycles. The number of nitrogens with one attached hydrogen (secondary N) is 2. The smallest absolute Gasteiger partial charge is 0.257 e. The molecule has 0 aliphatic rings. The van der Waals surface area contributed by atoms with Gasteiger partial charge < -0.3 is 15.5 Å². The first-order chi connectivity index (χ1) is 13.1. The first-order valence-corrected chi connectivity index (χ1v) is 9.95. The van der Waals surface area contributed by atoms with Gasteiger partial charge in [-0.1, -0.05) is 19.8 Å². The maximum Gasteiger partial charge on any atom is 0.257 e. The van der Waals surface area contributed by atoms with Crippen molar-refractivity contribution in [3.63, 3.8) is 0 Å². The molecule has 1 amide bonds. The Morgan fingerprint density at radius 3 is 2.44 bits per heavy atom. The fourth-order valence-electron chi connectivity index (χ4n) is 2.99. The average molecular weight is 369 g/mol. The molecule has 0 radical (unpaired) electrons. The van der Waals surface area contributed by atoms with Gasteiger partial charge in [0.1, 0.15) is 5.82 Å². The van der Waals surface area contributed by atoms with Crippen molar-refractivity contribution in [2.45, 2.75) is 47.0 Å². The lowest BCUT2D eigenvalue weighted by Gasteiger charge is -2.22. The van der Waals surface area contributed by atoms with E-state index in [1.54, 1.807) is 6.20 Å². The van der Waals surface area contributed by atoms with Gasteiger partial charge in [-0.15, -0.1) is 0 Å². The van der Waals surface area contributed by atoms with Crippen molar-refractivity contribution in [1.29, 1.82) is 0 Å². The third-order valence-corrected chi connectivity index (χ3v) is 4.70. The van der Waals surface area contributed by atoms with Crippen LogP contribution in [0.4, 0.5) is 17.2 Å². The molecule has 5 heteroatoms. The average Bonchev–Trinajstić information content (AvgIpc) is 2.68. The molecule has 2 rings (SSSR count). The van der Waals surface area contributed by atoms with Crippen LogP contribution in [0.1, 0.15) is 56.0 Å². The number of carbonyl (C=O) groups excluding carboxylic acids is 1.